The van der Waals surface area contributed by atoms with Crippen molar-refractivity contribution < 1.29 is 19.2 Å². The molecule has 2 amide bonds. The van der Waals surface area contributed by atoms with Gasteiger partial charge in [0.1, 0.15) is 11.6 Å². The van der Waals surface area contributed by atoms with Gasteiger partial charge in [0.25, 0.3) is 5.91 Å². The SMILES string of the molecule is O=C(C1=NO[C@H]2C(=O)N(c3ccccc3)C(=O)[C@H]12)c1cccs1. The molecule has 1 aromatic heterocycles. The van der Waals surface area contributed by atoms with Crippen molar-refractivity contribution in [3.05, 3.63) is 52.7 Å². The van der Waals surface area contributed by atoms with Crippen LogP contribution in [0.25, 0.3) is 0 Å². The van der Waals surface area contributed by atoms with Gasteiger partial charge in [0.2, 0.25) is 17.8 Å². The van der Waals surface area contributed by atoms with E-state index in [1.54, 1.807) is 47.8 Å². The first-order valence-electron chi connectivity index (χ1n) is 6.93. The number of thiophene rings is 1. The molecule has 2 atom stereocenters. The predicted octanol–water partition coefficient (Wildman–Crippen LogP) is 1.88. The van der Waals surface area contributed by atoms with Crippen molar-refractivity contribution in [1.82, 2.24) is 0 Å². The standard InChI is InChI=1S/C16H10N2O4S/c19-13(10-7-4-8-23-10)12-11-14(22-17-12)16(21)18(15(11)20)9-5-2-1-3-6-9/h1-8,11,14H/t11-,14-/m1/s1. The van der Waals surface area contributed by atoms with E-state index in [1.807, 2.05) is 0 Å². The number of nitrogens with zero attached hydrogens (tertiary/aromatic N) is 2. The van der Waals surface area contributed by atoms with E-state index in [-0.39, 0.29) is 11.5 Å². The molecule has 114 valence electrons. The molecule has 0 saturated carbocycles. The molecule has 0 radical (unpaired) electrons. The van der Waals surface area contributed by atoms with Gasteiger partial charge in [-0.25, -0.2) is 4.90 Å². The number of ketones is 1. The van der Waals surface area contributed by atoms with Crippen molar-refractivity contribution >= 4 is 40.3 Å². The number of hydrogen-bond donors (Lipinski definition) is 0. The molecule has 2 aliphatic rings. The van der Waals surface area contributed by atoms with Crippen LogP contribution in [0, 0.1) is 5.92 Å². The lowest BCUT2D eigenvalue weighted by Crippen LogP contribution is -2.34. The molecular weight excluding hydrogens is 316 g/mol. The van der Waals surface area contributed by atoms with Crippen molar-refractivity contribution in [1.29, 1.82) is 0 Å². The summed E-state index contributed by atoms with van der Waals surface area (Å²) < 4.78 is 0. The highest BCUT2D eigenvalue weighted by Crippen LogP contribution is 2.34. The van der Waals surface area contributed by atoms with E-state index >= 15 is 0 Å². The molecular formula is C16H10N2O4S. The first kappa shape index (κ1) is 13.8. The highest BCUT2D eigenvalue weighted by Gasteiger charge is 2.57. The molecule has 1 aromatic carbocycles. The first-order chi connectivity index (χ1) is 11.2. The van der Waals surface area contributed by atoms with Gasteiger partial charge in [0.15, 0.2) is 0 Å². The maximum atomic E-state index is 12.7. The van der Waals surface area contributed by atoms with Crippen LogP contribution in [0.1, 0.15) is 9.67 Å². The Kier molecular flexibility index (Phi) is 3.09. The second-order valence-corrected chi connectivity index (χ2v) is 6.08. The van der Waals surface area contributed by atoms with Crippen LogP contribution < -0.4 is 4.90 Å². The van der Waals surface area contributed by atoms with Crippen LogP contribution in [0.4, 0.5) is 5.69 Å². The molecule has 0 unspecified atom stereocenters. The Labute approximate surface area is 135 Å². The number of benzene rings is 1. The summed E-state index contributed by atoms with van der Waals surface area (Å²) in [5.74, 6) is -2.32. The normalized spacial score (nSPS) is 22.8. The maximum Gasteiger partial charge on any atom is 0.278 e. The highest BCUT2D eigenvalue weighted by atomic mass is 32.1. The van der Waals surface area contributed by atoms with Crippen LogP contribution in [0.15, 0.2) is 53.0 Å². The van der Waals surface area contributed by atoms with E-state index in [1.165, 1.54) is 11.3 Å². The number of amides is 2. The fourth-order valence-corrected chi connectivity index (χ4v) is 3.40. The molecule has 23 heavy (non-hydrogen) atoms. The summed E-state index contributed by atoms with van der Waals surface area (Å²) in [5, 5.41) is 5.47. The fraction of sp³-hybridized carbons (Fsp3) is 0.125. The molecule has 7 heteroatoms. The number of fused-ring (bicyclic) bond motifs is 1. The zero-order chi connectivity index (χ0) is 16.0. The Balaban J connectivity index is 1.69. The van der Waals surface area contributed by atoms with Crippen molar-refractivity contribution in [3.63, 3.8) is 0 Å². The number of oxime groups is 1. The Morgan fingerprint density at radius 1 is 1.09 bits per heavy atom. The summed E-state index contributed by atoms with van der Waals surface area (Å²) in [5.41, 5.74) is 0.456. The van der Waals surface area contributed by atoms with Crippen LogP contribution in [0.2, 0.25) is 0 Å². The third-order valence-electron chi connectivity index (χ3n) is 3.80. The van der Waals surface area contributed by atoms with Crippen LogP contribution in [0.3, 0.4) is 0 Å². The molecule has 6 nitrogen and oxygen atoms in total. The van der Waals surface area contributed by atoms with E-state index in [9.17, 15) is 14.4 Å². The van der Waals surface area contributed by atoms with Crippen molar-refractivity contribution in [3.8, 4) is 0 Å². The van der Waals surface area contributed by atoms with Gasteiger partial charge in [-0.1, -0.05) is 29.4 Å². The Bertz CT molecular complexity index is 829. The fourth-order valence-electron chi connectivity index (χ4n) is 2.73. The number of para-hydroxylation sites is 1. The molecule has 2 aliphatic heterocycles. The molecule has 0 bridgehead atoms. The predicted molar refractivity (Wildman–Crippen MR) is 83.4 cm³/mol. The average Bonchev–Trinajstić information content (AvgIpc) is 3.28. The monoisotopic (exact) mass is 326 g/mol. The van der Waals surface area contributed by atoms with E-state index in [0.717, 1.165) is 4.90 Å². The third-order valence-corrected chi connectivity index (χ3v) is 4.67. The van der Waals surface area contributed by atoms with E-state index in [2.05, 4.69) is 5.16 Å². The Hall–Kier alpha value is -2.80. The van der Waals surface area contributed by atoms with E-state index in [0.29, 0.717) is 10.6 Å². The molecule has 0 spiro atoms. The number of Topliss-reactive ketones (excluding diaryl/α,β-unsaturated/α-hetero) is 1. The van der Waals surface area contributed by atoms with Gasteiger partial charge in [0.05, 0.1) is 10.6 Å². The van der Waals surface area contributed by atoms with Crippen LogP contribution >= 0.6 is 11.3 Å². The maximum absolute atomic E-state index is 12.7. The molecule has 1 fully saturated rings. The summed E-state index contributed by atoms with van der Waals surface area (Å²) in [6.45, 7) is 0. The lowest BCUT2D eigenvalue weighted by Gasteiger charge is -2.14. The number of anilines is 1. The van der Waals surface area contributed by atoms with E-state index in [4.69, 9.17) is 4.84 Å². The molecule has 3 heterocycles. The van der Waals surface area contributed by atoms with Gasteiger partial charge in [-0.15, -0.1) is 11.3 Å². The lowest BCUT2D eigenvalue weighted by atomic mass is 9.96. The van der Waals surface area contributed by atoms with Gasteiger partial charge in [0, 0.05) is 0 Å². The minimum atomic E-state index is -1.05. The smallest absolute Gasteiger partial charge is 0.278 e. The first-order valence-corrected chi connectivity index (χ1v) is 7.81. The molecule has 2 aromatic rings. The number of carbonyl (C=O) groups is 3. The molecule has 4 rings (SSSR count). The van der Waals surface area contributed by atoms with Crippen molar-refractivity contribution in [2.24, 2.45) is 11.1 Å². The largest absolute Gasteiger partial charge is 0.381 e. The van der Waals surface area contributed by atoms with Crippen LogP contribution in [0.5, 0.6) is 0 Å². The van der Waals surface area contributed by atoms with Gasteiger partial charge in [-0.3, -0.25) is 14.4 Å². The van der Waals surface area contributed by atoms with Crippen LogP contribution in [-0.4, -0.2) is 29.4 Å². The van der Waals surface area contributed by atoms with E-state index < -0.39 is 23.8 Å². The average molecular weight is 326 g/mol. The molecule has 0 aliphatic carbocycles. The Morgan fingerprint density at radius 2 is 1.87 bits per heavy atom. The van der Waals surface area contributed by atoms with Crippen molar-refractivity contribution in [2.75, 3.05) is 4.90 Å². The van der Waals surface area contributed by atoms with Gasteiger partial charge < -0.3 is 4.84 Å². The number of hydrogen-bond acceptors (Lipinski definition) is 6. The molecule has 1 saturated heterocycles. The lowest BCUT2D eigenvalue weighted by molar-refractivity contribution is -0.126. The van der Waals surface area contributed by atoms with Crippen molar-refractivity contribution in [2.45, 2.75) is 6.10 Å². The van der Waals surface area contributed by atoms with Crippen LogP contribution in [-0.2, 0) is 14.4 Å². The number of carbonyl (C=O) groups excluding carboxylic acids is 3. The minimum absolute atomic E-state index is 0.00534. The van der Waals surface area contributed by atoms with Gasteiger partial charge in [-0.2, -0.15) is 0 Å². The topological polar surface area (TPSA) is 76.0 Å². The number of imide groups is 1. The minimum Gasteiger partial charge on any atom is -0.381 e. The quantitative estimate of drug-likeness (QED) is 0.637. The summed E-state index contributed by atoms with van der Waals surface area (Å²) in [6, 6.07) is 12.0. The van der Waals surface area contributed by atoms with Gasteiger partial charge >= 0.3 is 0 Å². The zero-order valence-corrected chi connectivity index (χ0v) is 12.5. The second kappa shape index (κ2) is 5.13. The Morgan fingerprint density at radius 3 is 2.57 bits per heavy atom. The summed E-state index contributed by atoms with van der Waals surface area (Å²) in [7, 11) is 0. The summed E-state index contributed by atoms with van der Waals surface area (Å²) in [6.07, 6.45) is -1.05. The summed E-state index contributed by atoms with van der Waals surface area (Å²) in [4.78, 5) is 44.2. The summed E-state index contributed by atoms with van der Waals surface area (Å²) >= 11 is 1.26. The zero-order valence-electron chi connectivity index (χ0n) is 11.7. The van der Waals surface area contributed by atoms with Gasteiger partial charge in [-0.05, 0) is 23.6 Å². The second-order valence-electron chi connectivity index (χ2n) is 5.13. The highest BCUT2D eigenvalue weighted by molar-refractivity contribution is 7.13. The third kappa shape index (κ3) is 2.01. The molecule has 0 N–H and O–H groups in total. The number of rotatable bonds is 3.